The second-order valence-electron chi connectivity index (χ2n) is 9.68. The summed E-state index contributed by atoms with van der Waals surface area (Å²) in [5.74, 6) is 1.29. The van der Waals surface area contributed by atoms with Crippen molar-refractivity contribution < 1.29 is 14.1 Å². The average molecular weight is 566 g/mol. The molecule has 0 bridgehead atoms. The Morgan fingerprint density at radius 1 is 1.11 bits per heavy atom. The summed E-state index contributed by atoms with van der Waals surface area (Å²) in [5, 5.41) is 15.8. The van der Waals surface area contributed by atoms with Gasteiger partial charge in [0.25, 0.3) is 0 Å². The van der Waals surface area contributed by atoms with E-state index in [0.29, 0.717) is 49.8 Å². The number of nitrogens with zero attached hydrogens (tertiary/aromatic N) is 2. The Morgan fingerprint density at radius 2 is 1.82 bits per heavy atom. The van der Waals surface area contributed by atoms with Gasteiger partial charge in [0.05, 0.1) is 27.1 Å². The molecule has 4 aromatic rings. The Morgan fingerprint density at radius 3 is 2.42 bits per heavy atom. The minimum absolute atomic E-state index is 0.0456. The van der Waals surface area contributed by atoms with Crippen LogP contribution >= 0.6 is 34.8 Å². The number of rotatable bonds is 8. The van der Waals surface area contributed by atoms with Gasteiger partial charge in [0, 0.05) is 28.0 Å². The molecule has 1 heterocycles. The first-order chi connectivity index (χ1) is 18.3. The highest BCUT2D eigenvalue weighted by Crippen LogP contribution is 2.61. The number of aromatic nitrogens is 1. The Bertz CT molecular complexity index is 1540. The van der Waals surface area contributed by atoms with Crippen molar-refractivity contribution in [1.82, 2.24) is 5.16 Å². The van der Waals surface area contributed by atoms with Gasteiger partial charge >= 0.3 is 0 Å². The fourth-order valence-electron chi connectivity index (χ4n) is 4.88. The molecule has 2 unspecified atom stereocenters. The third-order valence-electron chi connectivity index (χ3n) is 7.00. The second-order valence-corrected chi connectivity index (χ2v) is 10.9. The largest absolute Gasteiger partial charge is 0.489 e. The van der Waals surface area contributed by atoms with Crippen LogP contribution in [0.1, 0.15) is 64.9 Å². The third-order valence-corrected chi connectivity index (χ3v) is 7.95. The molecule has 1 saturated carbocycles. The van der Waals surface area contributed by atoms with Gasteiger partial charge in [-0.3, -0.25) is 4.79 Å². The molecule has 0 aliphatic heterocycles. The Kier molecular flexibility index (Phi) is 7.24. The number of ether oxygens (including phenoxy) is 1. The molecule has 0 amide bonds. The summed E-state index contributed by atoms with van der Waals surface area (Å²) in [7, 11) is 0. The molecule has 0 spiro atoms. The van der Waals surface area contributed by atoms with Crippen molar-refractivity contribution >= 4 is 41.1 Å². The molecule has 0 radical (unpaired) electrons. The van der Waals surface area contributed by atoms with Crippen molar-refractivity contribution in [3.63, 3.8) is 0 Å². The van der Waals surface area contributed by atoms with Crippen molar-refractivity contribution in [3.8, 4) is 23.1 Å². The highest BCUT2D eigenvalue weighted by atomic mass is 35.5. The highest BCUT2D eigenvalue weighted by Gasteiger charge is 2.57. The van der Waals surface area contributed by atoms with Crippen LogP contribution in [0.25, 0.3) is 11.3 Å². The van der Waals surface area contributed by atoms with Crippen LogP contribution in [0.4, 0.5) is 0 Å². The fraction of sp³-hybridized carbons (Fsp3) is 0.233. The maximum atomic E-state index is 11.0. The van der Waals surface area contributed by atoms with E-state index in [1.165, 1.54) is 0 Å². The maximum absolute atomic E-state index is 11.0. The van der Waals surface area contributed by atoms with Crippen molar-refractivity contribution in [2.24, 2.45) is 0 Å². The first kappa shape index (κ1) is 26.3. The summed E-state index contributed by atoms with van der Waals surface area (Å²) < 4.78 is 11.8. The molecule has 0 N–H and O–H groups in total. The van der Waals surface area contributed by atoms with E-state index in [2.05, 4.69) is 11.2 Å². The SMILES string of the molecule is CC(C)c1onc(-c2c(Cl)cccc2Cl)c1COc1ccc(C2CC2(C#N)c2ccc(C=O)cc2)c(Cl)c1. The second kappa shape index (κ2) is 10.5. The number of hydrogen-bond acceptors (Lipinski definition) is 5. The van der Waals surface area contributed by atoms with Crippen molar-refractivity contribution in [2.75, 3.05) is 0 Å². The van der Waals surface area contributed by atoms with E-state index in [-0.39, 0.29) is 18.4 Å². The minimum atomic E-state index is -0.662. The lowest BCUT2D eigenvalue weighted by Crippen LogP contribution is -2.07. The summed E-state index contributed by atoms with van der Waals surface area (Å²) in [5.41, 5.74) is 3.59. The summed E-state index contributed by atoms with van der Waals surface area (Å²) in [4.78, 5) is 11.0. The van der Waals surface area contributed by atoms with Gasteiger partial charge in [-0.25, -0.2) is 0 Å². The molecular weight excluding hydrogens is 543 g/mol. The van der Waals surface area contributed by atoms with E-state index < -0.39 is 5.41 Å². The zero-order valence-corrected chi connectivity index (χ0v) is 22.9. The lowest BCUT2D eigenvalue weighted by atomic mass is 9.91. The summed E-state index contributed by atoms with van der Waals surface area (Å²) in [6.07, 6.45) is 1.45. The number of hydrogen-bond donors (Lipinski definition) is 0. The third kappa shape index (κ3) is 4.69. The van der Waals surface area contributed by atoms with Gasteiger partial charge in [-0.15, -0.1) is 0 Å². The zero-order valence-electron chi connectivity index (χ0n) is 20.7. The normalized spacial score (nSPS) is 18.3. The van der Waals surface area contributed by atoms with Crippen LogP contribution in [0.15, 0.2) is 65.2 Å². The van der Waals surface area contributed by atoms with E-state index in [4.69, 9.17) is 44.1 Å². The van der Waals surface area contributed by atoms with Crippen LogP contribution in [0.3, 0.4) is 0 Å². The molecule has 3 aromatic carbocycles. The molecule has 8 heteroatoms. The quantitative estimate of drug-likeness (QED) is 0.200. The van der Waals surface area contributed by atoms with Gasteiger partial charge in [-0.2, -0.15) is 5.26 Å². The van der Waals surface area contributed by atoms with Crippen LogP contribution in [-0.4, -0.2) is 11.4 Å². The number of carbonyl (C=O) groups is 1. The van der Waals surface area contributed by atoms with Crippen LogP contribution in [0.2, 0.25) is 15.1 Å². The Balaban J connectivity index is 1.38. The van der Waals surface area contributed by atoms with Gasteiger partial charge in [0.1, 0.15) is 30.1 Å². The van der Waals surface area contributed by atoms with Gasteiger partial charge in [-0.1, -0.05) is 90.2 Å². The Hall–Kier alpha value is -3.30. The number of halogens is 3. The van der Waals surface area contributed by atoms with E-state index in [1.54, 1.807) is 36.4 Å². The summed E-state index contributed by atoms with van der Waals surface area (Å²) in [6, 6.07) is 20.4. The molecule has 0 saturated heterocycles. The maximum Gasteiger partial charge on any atom is 0.150 e. The van der Waals surface area contributed by atoms with Crippen molar-refractivity contribution in [3.05, 3.63) is 104 Å². The topological polar surface area (TPSA) is 76.1 Å². The summed E-state index contributed by atoms with van der Waals surface area (Å²) >= 11 is 19.6. The average Bonchev–Trinajstić information content (AvgIpc) is 3.50. The predicted octanol–water partition coefficient (Wildman–Crippen LogP) is 8.77. The molecule has 1 aliphatic carbocycles. The Labute approximate surface area is 235 Å². The monoisotopic (exact) mass is 564 g/mol. The first-order valence-corrected chi connectivity index (χ1v) is 13.2. The molecule has 5 rings (SSSR count). The number of benzene rings is 3. The highest BCUT2D eigenvalue weighted by molar-refractivity contribution is 6.39. The smallest absolute Gasteiger partial charge is 0.150 e. The van der Waals surface area contributed by atoms with E-state index in [1.807, 2.05) is 38.1 Å². The predicted molar refractivity (Wildman–Crippen MR) is 148 cm³/mol. The lowest BCUT2D eigenvalue weighted by molar-refractivity contribution is 0.112. The van der Waals surface area contributed by atoms with E-state index in [9.17, 15) is 10.1 Å². The van der Waals surface area contributed by atoms with Crippen LogP contribution in [-0.2, 0) is 12.0 Å². The molecule has 1 aliphatic rings. The van der Waals surface area contributed by atoms with Crippen molar-refractivity contribution in [1.29, 1.82) is 5.26 Å². The van der Waals surface area contributed by atoms with Gasteiger partial charge in [0.2, 0.25) is 0 Å². The first-order valence-electron chi connectivity index (χ1n) is 12.1. The lowest BCUT2D eigenvalue weighted by Gasteiger charge is -2.13. The number of carbonyl (C=O) groups excluding carboxylic acids is 1. The van der Waals surface area contributed by atoms with E-state index >= 15 is 0 Å². The van der Waals surface area contributed by atoms with Crippen molar-refractivity contribution in [2.45, 2.75) is 44.1 Å². The number of nitriles is 1. The summed E-state index contributed by atoms with van der Waals surface area (Å²) in [6.45, 7) is 4.20. The van der Waals surface area contributed by atoms with Crippen LogP contribution in [0.5, 0.6) is 5.75 Å². The van der Waals surface area contributed by atoms with Crippen LogP contribution in [0, 0.1) is 11.3 Å². The molecule has 1 fully saturated rings. The van der Waals surface area contributed by atoms with Gasteiger partial charge < -0.3 is 9.26 Å². The molecule has 1 aromatic heterocycles. The molecule has 38 heavy (non-hydrogen) atoms. The molecular formula is C30H23Cl3N2O3. The minimum Gasteiger partial charge on any atom is -0.489 e. The standard InChI is InChI=1S/C30H23Cl3N2O3/c1-17(2)29-22(28(35-38-29)27-24(31)4-3-5-25(27)32)15-37-20-10-11-21(26(33)12-20)23-13-30(23,16-34)19-8-6-18(14-36)7-9-19/h3-12,14,17,23H,13,15H2,1-2H3. The molecule has 192 valence electrons. The molecule has 2 atom stereocenters. The molecule has 5 nitrogen and oxygen atoms in total. The zero-order chi connectivity index (χ0) is 27.0. The number of aldehydes is 1. The van der Waals surface area contributed by atoms with Crippen LogP contribution < -0.4 is 4.74 Å². The fourth-order valence-corrected chi connectivity index (χ4v) is 5.75. The van der Waals surface area contributed by atoms with E-state index in [0.717, 1.165) is 23.0 Å². The van der Waals surface area contributed by atoms with Gasteiger partial charge in [0.15, 0.2) is 0 Å². The van der Waals surface area contributed by atoms with Gasteiger partial charge in [-0.05, 0) is 41.8 Å².